The fraction of sp³-hybridized carbons (Fsp3) is 0.900. The summed E-state index contributed by atoms with van der Waals surface area (Å²) < 4.78 is 0. The minimum Gasteiger partial charge on any atom is -0.481 e. The van der Waals surface area contributed by atoms with Gasteiger partial charge in [0, 0.05) is 11.8 Å². The molecule has 0 aromatic heterocycles. The van der Waals surface area contributed by atoms with Crippen molar-refractivity contribution in [3.8, 4) is 0 Å². The molecule has 0 saturated heterocycles. The summed E-state index contributed by atoms with van der Waals surface area (Å²) in [6, 6.07) is 0. The molecule has 0 aliphatic rings. The Bertz CT molecular complexity index is 539. The highest BCUT2D eigenvalue weighted by Crippen LogP contribution is 2.18. The van der Waals surface area contributed by atoms with Crippen LogP contribution in [0.5, 0.6) is 0 Å². The van der Waals surface area contributed by atoms with Gasteiger partial charge in [0.05, 0.1) is 33.0 Å². The van der Waals surface area contributed by atoms with Crippen molar-refractivity contribution in [2.75, 3.05) is 33.0 Å². The summed E-state index contributed by atoms with van der Waals surface area (Å²) in [6.45, 7) is 2.16. The number of aliphatic hydroxyl groups is 9. The molecule has 0 radical (unpaired) electrons. The monoisotopic (exact) mass is 598 g/mol. The number of hydrogen-bond acceptors (Lipinski definition) is 10. The summed E-state index contributed by atoms with van der Waals surface area (Å²) in [7, 11) is 0. The highest BCUT2D eigenvalue weighted by atomic mass is 16.4. The van der Waals surface area contributed by atoms with Crippen molar-refractivity contribution in [3.63, 3.8) is 0 Å². The van der Waals surface area contributed by atoms with Crippen LogP contribution in [0.4, 0.5) is 0 Å². The Balaban J connectivity index is -0.000000583. The highest BCUT2D eigenvalue weighted by molar-refractivity contribution is 5.66. The number of carboxylic acid groups (broad SMARTS) is 1. The first kappa shape index (κ1) is 44.3. The van der Waals surface area contributed by atoms with Crippen molar-refractivity contribution < 1.29 is 55.9 Å². The molecule has 0 bridgehead atoms. The van der Waals surface area contributed by atoms with Crippen LogP contribution in [0, 0.1) is 5.41 Å². The minimum atomic E-state index is -1.67. The second-order valence-electron chi connectivity index (χ2n) is 10.5. The van der Waals surface area contributed by atoms with E-state index in [0.717, 1.165) is 12.8 Å². The van der Waals surface area contributed by atoms with Gasteiger partial charge in [-0.25, -0.2) is 0 Å². The Hall–Kier alpha value is -1.15. The van der Waals surface area contributed by atoms with Crippen LogP contribution in [0.25, 0.3) is 0 Å². The van der Waals surface area contributed by atoms with E-state index in [1.54, 1.807) is 0 Å². The fourth-order valence-electron chi connectivity index (χ4n) is 3.50. The van der Waals surface area contributed by atoms with Crippen molar-refractivity contribution >= 4 is 5.97 Å². The molecular weight excluding hydrogens is 536 g/mol. The molecule has 0 amide bonds. The molecule has 0 aliphatic carbocycles. The average Bonchev–Trinajstić information content (AvgIpc) is 2.99. The number of unbranched alkanes of at least 4 members (excludes halogenated alkanes) is 11. The molecule has 11 heteroatoms. The molecule has 0 aliphatic heterocycles. The minimum absolute atomic E-state index is 0.156. The molecule has 0 saturated carbocycles. The van der Waals surface area contributed by atoms with Gasteiger partial charge in [0.2, 0.25) is 0 Å². The largest absolute Gasteiger partial charge is 0.481 e. The van der Waals surface area contributed by atoms with Gasteiger partial charge in [-0.15, -0.1) is 0 Å². The van der Waals surface area contributed by atoms with Crippen LogP contribution in [0.2, 0.25) is 0 Å². The molecule has 11 nitrogen and oxygen atoms in total. The third kappa shape index (κ3) is 27.4. The van der Waals surface area contributed by atoms with Gasteiger partial charge in [0.15, 0.2) is 0 Å². The van der Waals surface area contributed by atoms with Crippen LogP contribution < -0.4 is 0 Å². The lowest BCUT2D eigenvalue weighted by molar-refractivity contribution is -0.137. The maximum atomic E-state index is 10.3. The second-order valence-corrected chi connectivity index (χ2v) is 10.5. The number of aliphatic carboxylic acids is 1. The Morgan fingerprint density at radius 1 is 0.610 bits per heavy atom. The van der Waals surface area contributed by atoms with Gasteiger partial charge in [-0.1, -0.05) is 77.4 Å². The topological polar surface area (TPSA) is 219 Å². The van der Waals surface area contributed by atoms with Crippen LogP contribution in [0.15, 0.2) is 12.2 Å². The molecule has 0 rings (SSSR count). The molecule has 0 heterocycles. The predicted octanol–water partition coefficient (Wildman–Crippen LogP) is 1.88. The Labute approximate surface area is 247 Å². The van der Waals surface area contributed by atoms with Crippen LogP contribution in [-0.2, 0) is 4.79 Å². The lowest BCUT2D eigenvalue weighted by Crippen LogP contribution is -2.46. The number of rotatable bonds is 24. The summed E-state index contributed by atoms with van der Waals surface area (Å²) in [4.78, 5) is 10.3. The summed E-state index contributed by atoms with van der Waals surface area (Å²) in [5, 5.41) is 86.7. The van der Waals surface area contributed by atoms with E-state index in [1.165, 1.54) is 70.6 Å². The van der Waals surface area contributed by atoms with Crippen molar-refractivity contribution in [2.45, 2.75) is 135 Å². The van der Waals surface area contributed by atoms with Gasteiger partial charge in [0.25, 0.3) is 0 Å². The number of hydrogen-bond donors (Lipinski definition) is 10. The zero-order chi connectivity index (χ0) is 31.9. The smallest absolute Gasteiger partial charge is 0.303 e. The molecule has 0 spiro atoms. The SMILES string of the molecule is CCC(CO)(CO)CO.CCCCCCCC/C=C\CCCCCCCC(=O)O.OCC(O)C(O)C(O)C(O)CO. The average molecular weight is 599 g/mol. The van der Waals surface area contributed by atoms with E-state index in [9.17, 15) is 4.79 Å². The van der Waals surface area contributed by atoms with Crippen LogP contribution >= 0.6 is 0 Å². The van der Waals surface area contributed by atoms with Crippen LogP contribution in [0.3, 0.4) is 0 Å². The maximum Gasteiger partial charge on any atom is 0.303 e. The van der Waals surface area contributed by atoms with Crippen molar-refractivity contribution in [1.82, 2.24) is 0 Å². The van der Waals surface area contributed by atoms with Gasteiger partial charge < -0.3 is 51.1 Å². The lowest BCUT2D eigenvalue weighted by Gasteiger charge is -2.24. The second kappa shape index (κ2) is 31.8. The molecule has 0 aromatic carbocycles. The normalized spacial score (nSPS) is 14.4. The maximum absolute atomic E-state index is 10.3. The van der Waals surface area contributed by atoms with Gasteiger partial charge in [0.1, 0.15) is 24.4 Å². The molecule has 4 atom stereocenters. The molecule has 10 N–H and O–H groups in total. The first-order chi connectivity index (χ1) is 19.6. The molecule has 41 heavy (non-hydrogen) atoms. The molecular formula is C30H62O11. The van der Waals surface area contributed by atoms with Gasteiger partial charge in [-0.3, -0.25) is 4.79 Å². The number of carbonyl (C=O) groups is 1. The van der Waals surface area contributed by atoms with Gasteiger partial charge in [-0.2, -0.15) is 0 Å². The summed E-state index contributed by atoms with van der Waals surface area (Å²) in [5.74, 6) is -0.664. The predicted molar refractivity (Wildman–Crippen MR) is 159 cm³/mol. The Kier molecular flexibility index (Phi) is 34.3. The van der Waals surface area contributed by atoms with Crippen molar-refractivity contribution in [2.24, 2.45) is 5.41 Å². The fourth-order valence-corrected chi connectivity index (χ4v) is 3.50. The summed E-state index contributed by atoms with van der Waals surface area (Å²) in [5.41, 5.74) is -0.667. The first-order valence-electron chi connectivity index (χ1n) is 15.2. The summed E-state index contributed by atoms with van der Waals surface area (Å²) in [6.07, 6.45) is 15.4. The van der Waals surface area contributed by atoms with Crippen LogP contribution in [-0.4, -0.2) is 114 Å². The van der Waals surface area contributed by atoms with Gasteiger partial charge in [-0.05, 0) is 38.5 Å². The highest BCUT2D eigenvalue weighted by Gasteiger charge is 2.29. The number of allylic oxidation sites excluding steroid dienone is 2. The molecule has 248 valence electrons. The van der Waals surface area contributed by atoms with E-state index >= 15 is 0 Å². The van der Waals surface area contributed by atoms with E-state index in [0.29, 0.717) is 12.8 Å². The van der Waals surface area contributed by atoms with E-state index in [1.807, 2.05) is 6.92 Å². The number of carboxylic acids is 1. The van der Waals surface area contributed by atoms with E-state index < -0.39 is 49.0 Å². The van der Waals surface area contributed by atoms with E-state index in [2.05, 4.69) is 19.1 Å². The van der Waals surface area contributed by atoms with Crippen LogP contribution in [0.1, 0.15) is 110 Å². The quantitative estimate of drug-likeness (QED) is 0.0571. The van der Waals surface area contributed by atoms with E-state index in [-0.39, 0.29) is 19.8 Å². The summed E-state index contributed by atoms with van der Waals surface area (Å²) >= 11 is 0. The van der Waals surface area contributed by atoms with Gasteiger partial charge >= 0.3 is 5.97 Å². The van der Waals surface area contributed by atoms with E-state index in [4.69, 9.17) is 51.1 Å². The molecule has 4 unspecified atom stereocenters. The Morgan fingerprint density at radius 3 is 1.27 bits per heavy atom. The number of aliphatic hydroxyl groups excluding tert-OH is 9. The third-order valence-corrected chi connectivity index (χ3v) is 6.92. The van der Waals surface area contributed by atoms with Crippen molar-refractivity contribution in [1.29, 1.82) is 0 Å². The zero-order valence-corrected chi connectivity index (χ0v) is 25.5. The first-order valence-corrected chi connectivity index (χ1v) is 15.2. The lowest BCUT2D eigenvalue weighted by atomic mass is 9.88. The Morgan fingerprint density at radius 2 is 0.976 bits per heavy atom. The zero-order valence-electron chi connectivity index (χ0n) is 25.5. The standard InChI is InChI=1S/C18H34O2.C6H14O6.C6H14O3/c1-2-3-4-5-6-7-8-9-10-11-12-13-14-15-16-17-18(19)20;7-1-3(9)5(11)6(12)4(10)2-8;1-2-6(3-7,4-8)5-9/h9-10H,2-8,11-17H2,1H3,(H,19,20);3-12H,1-2H2;7-9H,2-5H2,1H3/b10-9-;;. The third-order valence-electron chi connectivity index (χ3n) is 6.92. The molecule has 0 aromatic rings. The van der Waals surface area contributed by atoms with Crippen molar-refractivity contribution in [3.05, 3.63) is 12.2 Å². The molecule has 0 fully saturated rings.